The van der Waals surface area contributed by atoms with Crippen LogP contribution in [-0.4, -0.2) is 39.8 Å². The molecule has 1 aliphatic rings. The fourth-order valence-electron chi connectivity index (χ4n) is 3.30. The molecule has 25 heavy (non-hydrogen) atoms. The van der Waals surface area contributed by atoms with E-state index in [1.807, 2.05) is 0 Å². The Morgan fingerprint density at radius 2 is 1.64 bits per heavy atom. The van der Waals surface area contributed by atoms with Gasteiger partial charge in [-0.1, -0.05) is 71.1 Å². The molecule has 0 unspecified atom stereocenters. The van der Waals surface area contributed by atoms with Gasteiger partial charge in [0.1, 0.15) is 0 Å². The summed E-state index contributed by atoms with van der Waals surface area (Å²) in [5, 5.41) is 20.8. The van der Waals surface area contributed by atoms with Gasteiger partial charge in [-0.25, -0.2) is 0 Å². The molecule has 0 saturated heterocycles. The predicted molar refractivity (Wildman–Crippen MR) is 97.1 cm³/mol. The van der Waals surface area contributed by atoms with Crippen molar-refractivity contribution >= 4 is 11.8 Å². The molecule has 0 bridgehead atoms. The number of rotatable bonds is 13. The van der Waals surface area contributed by atoms with Crippen LogP contribution in [0.3, 0.4) is 0 Å². The fourth-order valence-corrected chi connectivity index (χ4v) is 3.30. The van der Waals surface area contributed by atoms with Gasteiger partial charge in [0.15, 0.2) is 17.5 Å². The summed E-state index contributed by atoms with van der Waals surface area (Å²) >= 11 is 0. The summed E-state index contributed by atoms with van der Waals surface area (Å²) in [5.41, 5.74) is -2.04. The summed E-state index contributed by atoms with van der Waals surface area (Å²) in [7, 11) is 0. The number of hydrogen-bond acceptors (Lipinski definition) is 5. The highest BCUT2D eigenvalue weighted by molar-refractivity contribution is 6.01. The van der Waals surface area contributed by atoms with Gasteiger partial charge in [0.05, 0.1) is 6.10 Å². The lowest BCUT2D eigenvalue weighted by atomic mass is 9.87. The molecule has 0 heterocycles. The Morgan fingerprint density at radius 3 is 2.16 bits per heavy atom. The van der Waals surface area contributed by atoms with Crippen molar-refractivity contribution in [3.63, 3.8) is 0 Å². The fraction of sp³-hybridized carbons (Fsp3) is 0.800. The minimum atomic E-state index is -2.04. The highest BCUT2D eigenvalue weighted by Crippen LogP contribution is 2.30. The maximum atomic E-state index is 11.9. The van der Waals surface area contributed by atoms with Gasteiger partial charge in [-0.2, -0.15) is 0 Å². The lowest BCUT2D eigenvalue weighted by molar-refractivity contribution is -0.174. The Morgan fingerprint density at radius 1 is 1.12 bits per heavy atom. The van der Waals surface area contributed by atoms with E-state index in [4.69, 9.17) is 4.74 Å². The third-order valence-electron chi connectivity index (χ3n) is 4.88. The first kappa shape index (κ1) is 21.8. The van der Waals surface area contributed by atoms with E-state index in [1.54, 1.807) is 0 Å². The highest BCUT2D eigenvalue weighted by atomic mass is 16.6. The second-order valence-electron chi connectivity index (χ2n) is 7.07. The molecule has 3 atom stereocenters. The minimum absolute atomic E-state index is 0.318. The van der Waals surface area contributed by atoms with E-state index in [2.05, 4.69) is 6.92 Å². The maximum Gasteiger partial charge on any atom is 0.303 e. The van der Waals surface area contributed by atoms with E-state index in [-0.39, 0.29) is 0 Å². The van der Waals surface area contributed by atoms with Gasteiger partial charge in [0.25, 0.3) is 0 Å². The van der Waals surface area contributed by atoms with E-state index in [0.717, 1.165) is 19.3 Å². The summed E-state index contributed by atoms with van der Waals surface area (Å²) in [5.74, 6) is -1.19. The molecule has 2 N–H and O–H groups in total. The molecule has 1 rings (SSSR count). The van der Waals surface area contributed by atoms with Gasteiger partial charge < -0.3 is 14.9 Å². The van der Waals surface area contributed by atoms with Crippen LogP contribution < -0.4 is 0 Å². The predicted octanol–water partition coefficient (Wildman–Crippen LogP) is 3.46. The maximum absolute atomic E-state index is 11.9. The topological polar surface area (TPSA) is 83.8 Å². The standard InChI is InChI=1S/C20H34O5/c1-3-4-5-6-7-8-9-10-11-12-13-17(22)20(24)18(23)14-15-19(20)25-16(2)21/h14-15,17,19,22,24H,3-13H2,1-2H3/t17-,19-,20-/m1/s1. The number of ketones is 1. The van der Waals surface area contributed by atoms with Crippen molar-refractivity contribution in [1.29, 1.82) is 0 Å². The third-order valence-corrected chi connectivity index (χ3v) is 4.88. The summed E-state index contributed by atoms with van der Waals surface area (Å²) in [6.45, 7) is 3.43. The van der Waals surface area contributed by atoms with Crippen LogP contribution in [0.1, 0.15) is 84.5 Å². The van der Waals surface area contributed by atoms with Gasteiger partial charge in [-0.05, 0) is 18.6 Å². The smallest absolute Gasteiger partial charge is 0.303 e. The SMILES string of the molecule is CCCCCCCCCCCC[C@@H](O)[C@@]1(O)C(=O)C=C[C@H]1OC(C)=O. The minimum Gasteiger partial charge on any atom is -0.455 e. The Bertz CT molecular complexity index is 445. The van der Waals surface area contributed by atoms with Crippen LogP contribution in [0, 0.1) is 0 Å². The first-order valence-corrected chi connectivity index (χ1v) is 9.73. The Hall–Kier alpha value is -1.20. The molecule has 0 fully saturated rings. The zero-order valence-corrected chi connectivity index (χ0v) is 15.7. The number of carbonyl (C=O) groups excluding carboxylic acids is 2. The van der Waals surface area contributed by atoms with E-state index in [0.29, 0.717) is 6.42 Å². The second-order valence-corrected chi connectivity index (χ2v) is 7.07. The van der Waals surface area contributed by atoms with Gasteiger partial charge >= 0.3 is 5.97 Å². The van der Waals surface area contributed by atoms with Crippen molar-refractivity contribution in [1.82, 2.24) is 0 Å². The summed E-state index contributed by atoms with van der Waals surface area (Å²) in [4.78, 5) is 23.0. The van der Waals surface area contributed by atoms with Crippen molar-refractivity contribution in [2.45, 2.75) is 102 Å². The second kappa shape index (κ2) is 11.4. The van der Waals surface area contributed by atoms with Crippen LogP contribution in [-0.2, 0) is 14.3 Å². The summed E-state index contributed by atoms with van der Waals surface area (Å²) in [6.07, 6.45) is 12.2. The molecule has 0 aromatic rings. The molecular formula is C20H34O5. The lowest BCUT2D eigenvalue weighted by Gasteiger charge is -2.32. The van der Waals surface area contributed by atoms with Gasteiger partial charge in [0.2, 0.25) is 0 Å². The van der Waals surface area contributed by atoms with Crippen LogP contribution in [0.2, 0.25) is 0 Å². The molecule has 5 heteroatoms. The number of ether oxygens (including phenoxy) is 1. The zero-order valence-electron chi connectivity index (χ0n) is 15.7. The molecule has 0 radical (unpaired) electrons. The summed E-state index contributed by atoms with van der Waals surface area (Å²) in [6, 6.07) is 0. The number of esters is 1. The van der Waals surface area contributed by atoms with Crippen molar-refractivity contribution in [2.75, 3.05) is 0 Å². The largest absolute Gasteiger partial charge is 0.455 e. The molecular weight excluding hydrogens is 320 g/mol. The third kappa shape index (κ3) is 6.90. The van der Waals surface area contributed by atoms with Crippen molar-refractivity contribution < 1.29 is 24.5 Å². The van der Waals surface area contributed by atoms with Gasteiger partial charge in [-0.3, -0.25) is 9.59 Å². The first-order valence-electron chi connectivity index (χ1n) is 9.73. The first-order chi connectivity index (χ1) is 11.9. The highest BCUT2D eigenvalue weighted by Gasteiger charge is 2.52. The Kier molecular flexibility index (Phi) is 9.98. The van der Waals surface area contributed by atoms with E-state index in [9.17, 15) is 19.8 Å². The number of aliphatic hydroxyl groups is 2. The number of hydrogen-bond donors (Lipinski definition) is 2. The van der Waals surface area contributed by atoms with E-state index < -0.39 is 29.6 Å². The lowest BCUT2D eigenvalue weighted by Crippen LogP contribution is -2.55. The molecule has 0 amide bonds. The average molecular weight is 354 g/mol. The zero-order chi connectivity index (χ0) is 18.7. The number of unbranched alkanes of at least 4 members (excludes halogenated alkanes) is 9. The molecule has 5 nitrogen and oxygen atoms in total. The molecule has 0 spiro atoms. The number of carbonyl (C=O) groups is 2. The number of aliphatic hydroxyl groups excluding tert-OH is 1. The molecule has 0 aliphatic heterocycles. The van der Waals surface area contributed by atoms with Crippen LogP contribution in [0.5, 0.6) is 0 Å². The van der Waals surface area contributed by atoms with Crippen molar-refractivity contribution in [2.24, 2.45) is 0 Å². The molecule has 0 aromatic heterocycles. The van der Waals surface area contributed by atoms with Gasteiger partial charge in [0, 0.05) is 6.92 Å². The average Bonchev–Trinajstić information content (AvgIpc) is 2.85. The molecule has 0 aromatic carbocycles. The Balaban J connectivity index is 2.21. The monoisotopic (exact) mass is 354 g/mol. The normalized spacial score (nSPS) is 23.8. The van der Waals surface area contributed by atoms with Crippen LogP contribution in [0.4, 0.5) is 0 Å². The Labute approximate surface area is 151 Å². The quantitative estimate of drug-likeness (QED) is 0.391. The molecule has 1 aliphatic carbocycles. The van der Waals surface area contributed by atoms with Crippen LogP contribution in [0.15, 0.2) is 12.2 Å². The van der Waals surface area contributed by atoms with Crippen LogP contribution >= 0.6 is 0 Å². The van der Waals surface area contributed by atoms with E-state index in [1.165, 1.54) is 64.0 Å². The van der Waals surface area contributed by atoms with Gasteiger partial charge in [-0.15, -0.1) is 0 Å². The summed E-state index contributed by atoms with van der Waals surface area (Å²) < 4.78 is 4.96. The molecule has 0 saturated carbocycles. The molecule has 144 valence electrons. The van der Waals surface area contributed by atoms with Crippen molar-refractivity contribution in [3.8, 4) is 0 Å². The van der Waals surface area contributed by atoms with Crippen molar-refractivity contribution in [3.05, 3.63) is 12.2 Å². The van der Waals surface area contributed by atoms with Crippen LogP contribution in [0.25, 0.3) is 0 Å². The van der Waals surface area contributed by atoms with E-state index >= 15 is 0 Å².